The van der Waals surface area contributed by atoms with E-state index in [0.717, 1.165) is 30.9 Å². The third-order valence-corrected chi connectivity index (χ3v) is 3.59. The van der Waals surface area contributed by atoms with Crippen LogP contribution in [0.1, 0.15) is 37.4 Å². The zero-order valence-corrected chi connectivity index (χ0v) is 11.3. The Labute approximate surface area is 113 Å². The molecule has 0 unspecified atom stereocenters. The van der Waals surface area contributed by atoms with E-state index in [9.17, 15) is 0 Å². The van der Waals surface area contributed by atoms with Gasteiger partial charge in [-0.15, -0.1) is 0 Å². The van der Waals surface area contributed by atoms with Crippen LogP contribution in [0.4, 0.5) is 11.5 Å². The van der Waals surface area contributed by atoms with Crippen molar-refractivity contribution in [1.82, 2.24) is 19.7 Å². The lowest BCUT2D eigenvalue weighted by atomic mass is 10.1. The molecule has 2 heterocycles. The van der Waals surface area contributed by atoms with Gasteiger partial charge in [-0.2, -0.15) is 5.10 Å². The Balaban J connectivity index is 1.88. The van der Waals surface area contributed by atoms with Crippen LogP contribution in [0.15, 0.2) is 18.7 Å². The summed E-state index contributed by atoms with van der Waals surface area (Å²) >= 11 is 0. The molecule has 1 aliphatic rings. The molecule has 1 N–H and O–H groups in total. The normalized spacial score (nSPS) is 14.8. The van der Waals surface area contributed by atoms with Gasteiger partial charge in [-0.25, -0.2) is 9.97 Å². The molecular weight excluding hydrogens is 238 g/mol. The van der Waals surface area contributed by atoms with Crippen molar-refractivity contribution in [2.24, 2.45) is 0 Å². The monoisotopic (exact) mass is 257 g/mol. The molecule has 0 saturated heterocycles. The van der Waals surface area contributed by atoms with Gasteiger partial charge in [0.05, 0.1) is 11.9 Å². The van der Waals surface area contributed by atoms with Gasteiger partial charge in [0.25, 0.3) is 0 Å². The molecule has 0 atom stereocenters. The SMILES string of the molecule is CCn1cc(Nc2ncnc3c2CCCCC3)cn1. The Bertz CT molecular complexity index is 561. The predicted octanol–water partition coefficient (Wildman–Crippen LogP) is 2.71. The quantitative estimate of drug-likeness (QED) is 0.859. The maximum atomic E-state index is 4.43. The third-order valence-electron chi connectivity index (χ3n) is 3.59. The summed E-state index contributed by atoms with van der Waals surface area (Å²) < 4.78 is 1.90. The highest BCUT2D eigenvalue weighted by molar-refractivity contribution is 5.58. The molecule has 0 saturated carbocycles. The second-order valence-corrected chi connectivity index (χ2v) is 4.92. The second kappa shape index (κ2) is 5.38. The van der Waals surface area contributed by atoms with Crippen LogP contribution in [0, 0.1) is 0 Å². The number of aromatic nitrogens is 4. The summed E-state index contributed by atoms with van der Waals surface area (Å²) in [6, 6.07) is 0. The van der Waals surface area contributed by atoms with E-state index in [1.807, 2.05) is 17.1 Å². The van der Waals surface area contributed by atoms with Crippen LogP contribution in [0.25, 0.3) is 0 Å². The van der Waals surface area contributed by atoms with E-state index in [0.29, 0.717) is 0 Å². The van der Waals surface area contributed by atoms with Gasteiger partial charge in [0, 0.05) is 24.0 Å². The van der Waals surface area contributed by atoms with Crippen molar-refractivity contribution >= 4 is 11.5 Å². The molecule has 0 aromatic carbocycles. The lowest BCUT2D eigenvalue weighted by Crippen LogP contribution is -2.04. The Morgan fingerprint density at radius 2 is 2.11 bits per heavy atom. The minimum atomic E-state index is 0.879. The van der Waals surface area contributed by atoms with E-state index in [2.05, 4.69) is 27.3 Å². The summed E-state index contributed by atoms with van der Waals surface area (Å²) in [6.07, 6.45) is 11.4. The second-order valence-electron chi connectivity index (χ2n) is 4.92. The summed E-state index contributed by atoms with van der Waals surface area (Å²) in [4.78, 5) is 8.84. The van der Waals surface area contributed by atoms with Crippen LogP contribution in [-0.2, 0) is 19.4 Å². The number of aryl methyl sites for hydroxylation is 2. The molecule has 2 aromatic rings. The van der Waals surface area contributed by atoms with E-state index in [4.69, 9.17) is 0 Å². The fraction of sp³-hybridized carbons (Fsp3) is 0.500. The van der Waals surface area contributed by atoms with Crippen LogP contribution < -0.4 is 5.32 Å². The van der Waals surface area contributed by atoms with Crippen molar-refractivity contribution in [3.63, 3.8) is 0 Å². The number of rotatable bonds is 3. The molecule has 0 amide bonds. The first kappa shape index (κ1) is 12.1. The highest BCUT2D eigenvalue weighted by Crippen LogP contribution is 2.25. The fourth-order valence-corrected chi connectivity index (χ4v) is 2.54. The van der Waals surface area contributed by atoms with Gasteiger partial charge in [-0.3, -0.25) is 4.68 Å². The molecule has 3 rings (SSSR count). The lowest BCUT2D eigenvalue weighted by Gasteiger charge is -2.10. The van der Waals surface area contributed by atoms with Gasteiger partial charge in [0.2, 0.25) is 0 Å². The van der Waals surface area contributed by atoms with E-state index in [1.54, 1.807) is 6.33 Å². The Kier molecular flexibility index (Phi) is 3.44. The summed E-state index contributed by atoms with van der Waals surface area (Å²) in [5, 5.41) is 7.65. The van der Waals surface area contributed by atoms with Gasteiger partial charge < -0.3 is 5.32 Å². The molecule has 0 bridgehead atoms. The van der Waals surface area contributed by atoms with E-state index < -0.39 is 0 Å². The van der Waals surface area contributed by atoms with Crippen LogP contribution >= 0.6 is 0 Å². The van der Waals surface area contributed by atoms with Gasteiger partial charge in [0.15, 0.2) is 0 Å². The smallest absolute Gasteiger partial charge is 0.137 e. The van der Waals surface area contributed by atoms with Crippen molar-refractivity contribution in [2.45, 2.75) is 45.6 Å². The van der Waals surface area contributed by atoms with Crippen LogP contribution in [0.2, 0.25) is 0 Å². The standard InChI is InChI=1S/C14H19N5/c1-2-19-9-11(8-17-19)18-14-12-6-4-3-5-7-13(12)15-10-16-14/h8-10H,2-7H2,1H3,(H,15,16,18). The zero-order valence-electron chi connectivity index (χ0n) is 11.3. The van der Waals surface area contributed by atoms with Crippen molar-refractivity contribution in [1.29, 1.82) is 0 Å². The molecule has 100 valence electrons. The van der Waals surface area contributed by atoms with Crippen LogP contribution in [-0.4, -0.2) is 19.7 Å². The first-order chi connectivity index (χ1) is 9.36. The van der Waals surface area contributed by atoms with Crippen LogP contribution in [0.5, 0.6) is 0 Å². The maximum Gasteiger partial charge on any atom is 0.137 e. The van der Waals surface area contributed by atoms with Crippen molar-refractivity contribution in [3.05, 3.63) is 30.0 Å². The lowest BCUT2D eigenvalue weighted by molar-refractivity contribution is 0.660. The Morgan fingerprint density at radius 3 is 2.95 bits per heavy atom. The van der Waals surface area contributed by atoms with E-state index in [-0.39, 0.29) is 0 Å². The number of fused-ring (bicyclic) bond motifs is 1. The van der Waals surface area contributed by atoms with Crippen LogP contribution in [0.3, 0.4) is 0 Å². The summed E-state index contributed by atoms with van der Waals surface area (Å²) in [5.74, 6) is 0.947. The molecule has 2 aromatic heterocycles. The molecule has 0 spiro atoms. The summed E-state index contributed by atoms with van der Waals surface area (Å²) in [6.45, 7) is 2.96. The number of anilines is 2. The molecule has 0 fully saturated rings. The first-order valence-corrected chi connectivity index (χ1v) is 6.99. The fourth-order valence-electron chi connectivity index (χ4n) is 2.54. The van der Waals surface area contributed by atoms with Crippen molar-refractivity contribution in [2.75, 3.05) is 5.32 Å². The maximum absolute atomic E-state index is 4.43. The zero-order chi connectivity index (χ0) is 13.1. The average Bonchev–Trinajstić information content (AvgIpc) is 2.74. The third kappa shape index (κ3) is 2.59. The molecule has 0 radical (unpaired) electrons. The first-order valence-electron chi connectivity index (χ1n) is 6.99. The predicted molar refractivity (Wildman–Crippen MR) is 74.5 cm³/mol. The number of nitrogens with one attached hydrogen (secondary N) is 1. The van der Waals surface area contributed by atoms with E-state index >= 15 is 0 Å². The summed E-state index contributed by atoms with van der Waals surface area (Å²) in [5.41, 5.74) is 3.48. The van der Waals surface area contributed by atoms with Crippen molar-refractivity contribution < 1.29 is 0 Å². The largest absolute Gasteiger partial charge is 0.337 e. The van der Waals surface area contributed by atoms with Gasteiger partial charge in [-0.05, 0) is 32.6 Å². The van der Waals surface area contributed by atoms with E-state index in [1.165, 1.54) is 30.5 Å². The number of nitrogens with zero attached hydrogens (tertiary/aromatic N) is 4. The Hall–Kier alpha value is -1.91. The average molecular weight is 257 g/mol. The molecule has 19 heavy (non-hydrogen) atoms. The molecule has 5 heteroatoms. The van der Waals surface area contributed by atoms with Gasteiger partial charge in [-0.1, -0.05) is 6.42 Å². The summed E-state index contributed by atoms with van der Waals surface area (Å²) in [7, 11) is 0. The van der Waals surface area contributed by atoms with Crippen molar-refractivity contribution in [3.8, 4) is 0 Å². The topological polar surface area (TPSA) is 55.6 Å². The highest BCUT2D eigenvalue weighted by Gasteiger charge is 2.14. The molecule has 5 nitrogen and oxygen atoms in total. The number of hydrogen-bond donors (Lipinski definition) is 1. The number of hydrogen-bond acceptors (Lipinski definition) is 4. The molecule has 1 aliphatic carbocycles. The van der Waals surface area contributed by atoms with Gasteiger partial charge >= 0.3 is 0 Å². The van der Waals surface area contributed by atoms with Gasteiger partial charge in [0.1, 0.15) is 12.1 Å². The highest BCUT2D eigenvalue weighted by atomic mass is 15.3. The molecular formula is C14H19N5. The molecule has 0 aliphatic heterocycles. The Morgan fingerprint density at radius 1 is 1.21 bits per heavy atom. The minimum Gasteiger partial charge on any atom is -0.337 e. The minimum absolute atomic E-state index is 0.879.